The van der Waals surface area contributed by atoms with Gasteiger partial charge in [0.15, 0.2) is 6.10 Å². The van der Waals surface area contributed by atoms with E-state index in [0.717, 1.165) is 0 Å². The van der Waals surface area contributed by atoms with Crippen molar-refractivity contribution in [1.29, 1.82) is 0 Å². The molecule has 0 saturated heterocycles. The van der Waals surface area contributed by atoms with Crippen LogP contribution in [-0.2, 0) is 9.53 Å². The Morgan fingerprint density at radius 1 is 1.89 bits per heavy atom. The van der Waals surface area contributed by atoms with E-state index >= 15 is 0 Å². The van der Waals surface area contributed by atoms with Crippen molar-refractivity contribution in [2.24, 2.45) is 0 Å². The van der Waals surface area contributed by atoms with Gasteiger partial charge in [0.1, 0.15) is 6.67 Å². The van der Waals surface area contributed by atoms with Gasteiger partial charge in [-0.3, -0.25) is 0 Å². The number of aliphatic carboxylic acids is 1. The second-order valence-electron chi connectivity index (χ2n) is 1.54. The lowest BCUT2D eigenvalue weighted by Crippen LogP contribution is -2.20. The maximum absolute atomic E-state index is 11.3. The van der Waals surface area contributed by atoms with Crippen molar-refractivity contribution >= 4 is 5.97 Å². The molecule has 0 heterocycles. The summed E-state index contributed by atoms with van der Waals surface area (Å²) in [6.45, 7) is 0.572. The third-order valence-electron chi connectivity index (χ3n) is 0.793. The quantitative estimate of drug-likeness (QED) is 0.610. The second kappa shape index (κ2) is 4.26. The summed E-state index contributed by atoms with van der Waals surface area (Å²) in [7, 11) is 0. The first kappa shape index (κ1) is 8.36. The summed E-state index contributed by atoms with van der Waals surface area (Å²) < 4.78 is 15.8. The molecule has 0 rings (SSSR count). The van der Waals surface area contributed by atoms with Crippen LogP contribution in [0.15, 0.2) is 0 Å². The van der Waals surface area contributed by atoms with Crippen LogP contribution in [0.5, 0.6) is 0 Å². The van der Waals surface area contributed by atoms with E-state index in [1.54, 1.807) is 0 Å². The summed E-state index contributed by atoms with van der Waals surface area (Å²) in [5, 5.41) is 8.16. The standard InChI is InChI=1S/C5H9FO3/c1-4(5(7)8)9-3-2-6/h4H,2-3H2,1H3,(H,7,8)/t4-/m1/s1. The van der Waals surface area contributed by atoms with Crippen LogP contribution in [0.4, 0.5) is 4.39 Å². The number of carboxylic acid groups (broad SMARTS) is 1. The molecule has 0 aromatic heterocycles. The van der Waals surface area contributed by atoms with Crippen molar-refractivity contribution in [3.05, 3.63) is 0 Å². The molecule has 0 saturated carbocycles. The molecule has 0 aliphatic rings. The predicted octanol–water partition coefficient (Wildman–Crippen LogP) is 0.446. The smallest absolute Gasteiger partial charge is 0.332 e. The molecule has 0 radical (unpaired) electrons. The Bertz CT molecular complexity index is 94.2. The molecule has 0 spiro atoms. The Morgan fingerprint density at radius 3 is 2.78 bits per heavy atom. The van der Waals surface area contributed by atoms with Crippen molar-refractivity contribution in [3.8, 4) is 0 Å². The molecule has 1 atom stereocenters. The van der Waals surface area contributed by atoms with E-state index in [9.17, 15) is 9.18 Å². The highest BCUT2D eigenvalue weighted by Gasteiger charge is 2.09. The Kier molecular flexibility index (Phi) is 3.96. The largest absolute Gasteiger partial charge is 0.479 e. The average molecular weight is 136 g/mol. The van der Waals surface area contributed by atoms with Crippen LogP contribution in [0, 0.1) is 0 Å². The second-order valence-corrected chi connectivity index (χ2v) is 1.54. The van der Waals surface area contributed by atoms with Gasteiger partial charge in [0.05, 0.1) is 6.61 Å². The number of carbonyl (C=O) groups is 1. The molecule has 0 bridgehead atoms. The number of halogens is 1. The van der Waals surface area contributed by atoms with Crippen LogP contribution < -0.4 is 0 Å². The minimum absolute atomic E-state index is 0.145. The van der Waals surface area contributed by atoms with Crippen LogP contribution in [0.1, 0.15) is 6.92 Å². The first-order chi connectivity index (χ1) is 4.18. The predicted molar refractivity (Wildman–Crippen MR) is 29.0 cm³/mol. The van der Waals surface area contributed by atoms with Crippen LogP contribution in [0.2, 0.25) is 0 Å². The van der Waals surface area contributed by atoms with Gasteiger partial charge in [0, 0.05) is 0 Å². The molecule has 0 aromatic carbocycles. The van der Waals surface area contributed by atoms with E-state index in [4.69, 9.17) is 5.11 Å². The summed E-state index contributed by atoms with van der Waals surface area (Å²) in [5.74, 6) is -1.07. The molecule has 0 aromatic rings. The minimum Gasteiger partial charge on any atom is -0.479 e. The lowest BCUT2D eigenvalue weighted by atomic mass is 10.4. The molecule has 0 fully saturated rings. The molecule has 4 heteroatoms. The molecule has 0 amide bonds. The van der Waals surface area contributed by atoms with Crippen LogP contribution in [0.25, 0.3) is 0 Å². The molecule has 0 aliphatic carbocycles. The normalized spacial score (nSPS) is 13.1. The van der Waals surface area contributed by atoms with E-state index < -0.39 is 18.7 Å². The SMILES string of the molecule is C[C@@H](OCCF)C(=O)O. The van der Waals surface area contributed by atoms with Crippen molar-refractivity contribution in [1.82, 2.24) is 0 Å². The number of rotatable bonds is 4. The van der Waals surface area contributed by atoms with Gasteiger partial charge in [-0.15, -0.1) is 0 Å². The van der Waals surface area contributed by atoms with E-state index in [0.29, 0.717) is 0 Å². The van der Waals surface area contributed by atoms with Gasteiger partial charge in [0.25, 0.3) is 0 Å². The zero-order valence-corrected chi connectivity index (χ0v) is 5.13. The highest BCUT2D eigenvalue weighted by molar-refractivity contribution is 5.71. The van der Waals surface area contributed by atoms with Crippen LogP contribution in [0.3, 0.4) is 0 Å². The average Bonchev–Trinajstić information content (AvgIpc) is 1.82. The first-order valence-corrected chi connectivity index (χ1v) is 2.59. The minimum atomic E-state index is -1.07. The van der Waals surface area contributed by atoms with Crippen molar-refractivity contribution in [3.63, 3.8) is 0 Å². The van der Waals surface area contributed by atoms with Gasteiger partial charge in [-0.05, 0) is 6.92 Å². The molecule has 0 aliphatic heterocycles. The van der Waals surface area contributed by atoms with Crippen molar-refractivity contribution in [2.45, 2.75) is 13.0 Å². The Hall–Kier alpha value is -0.640. The van der Waals surface area contributed by atoms with Gasteiger partial charge in [-0.2, -0.15) is 0 Å². The highest BCUT2D eigenvalue weighted by Crippen LogP contribution is 1.88. The van der Waals surface area contributed by atoms with Gasteiger partial charge in [-0.25, -0.2) is 9.18 Å². The molecule has 0 unspecified atom stereocenters. The third kappa shape index (κ3) is 3.90. The summed E-state index contributed by atoms with van der Waals surface area (Å²) in [4.78, 5) is 9.96. The zero-order valence-electron chi connectivity index (χ0n) is 5.13. The number of alkyl halides is 1. The van der Waals surface area contributed by atoms with Gasteiger partial charge < -0.3 is 9.84 Å². The Labute approximate surface area is 52.4 Å². The number of hydrogen-bond donors (Lipinski definition) is 1. The van der Waals surface area contributed by atoms with E-state index in [-0.39, 0.29) is 6.61 Å². The lowest BCUT2D eigenvalue weighted by Gasteiger charge is -2.04. The third-order valence-corrected chi connectivity index (χ3v) is 0.793. The lowest BCUT2D eigenvalue weighted by molar-refractivity contribution is -0.149. The maximum Gasteiger partial charge on any atom is 0.332 e. The summed E-state index contributed by atoms with van der Waals surface area (Å²) in [5.41, 5.74) is 0. The number of hydrogen-bond acceptors (Lipinski definition) is 2. The topological polar surface area (TPSA) is 46.5 Å². The van der Waals surface area contributed by atoms with Gasteiger partial charge in [-0.1, -0.05) is 0 Å². The monoisotopic (exact) mass is 136 g/mol. The molecule has 54 valence electrons. The molecular weight excluding hydrogens is 127 g/mol. The number of ether oxygens (including phenoxy) is 1. The summed E-state index contributed by atoms with van der Waals surface area (Å²) in [6.07, 6.45) is -0.902. The first-order valence-electron chi connectivity index (χ1n) is 2.59. The van der Waals surface area contributed by atoms with E-state index in [1.165, 1.54) is 6.92 Å². The molecule has 1 N–H and O–H groups in total. The molecular formula is C5H9FO3. The summed E-state index contributed by atoms with van der Waals surface area (Å²) in [6, 6.07) is 0. The van der Waals surface area contributed by atoms with E-state index in [2.05, 4.69) is 4.74 Å². The molecule has 9 heavy (non-hydrogen) atoms. The number of carboxylic acids is 1. The Balaban J connectivity index is 3.27. The van der Waals surface area contributed by atoms with Gasteiger partial charge >= 0.3 is 5.97 Å². The fraction of sp³-hybridized carbons (Fsp3) is 0.800. The zero-order chi connectivity index (χ0) is 7.28. The molecule has 3 nitrogen and oxygen atoms in total. The fourth-order valence-corrected chi connectivity index (χ4v) is 0.293. The maximum atomic E-state index is 11.3. The van der Waals surface area contributed by atoms with Crippen molar-refractivity contribution < 1.29 is 19.0 Å². The van der Waals surface area contributed by atoms with Crippen molar-refractivity contribution in [2.75, 3.05) is 13.3 Å². The van der Waals surface area contributed by atoms with E-state index in [1.807, 2.05) is 0 Å². The highest BCUT2D eigenvalue weighted by atomic mass is 19.1. The van der Waals surface area contributed by atoms with Gasteiger partial charge in [0.2, 0.25) is 0 Å². The summed E-state index contributed by atoms with van der Waals surface area (Å²) >= 11 is 0. The fourth-order valence-electron chi connectivity index (χ4n) is 0.293. The van der Waals surface area contributed by atoms with Crippen LogP contribution >= 0.6 is 0 Å². The Morgan fingerprint density at radius 2 is 2.44 bits per heavy atom. The van der Waals surface area contributed by atoms with Crippen LogP contribution in [-0.4, -0.2) is 30.5 Å².